The molecule has 0 saturated heterocycles. The summed E-state index contributed by atoms with van der Waals surface area (Å²) in [5.74, 6) is 0. The highest BCUT2D eigenvalue weighted by Crippen LogP contribution is 2.40. The first-order valence-electron chi connectivity index (χ1n) is 2.89. The molecule has 0 aliphatic carbocycles. The van der Waals surface area contributed by atoms with Crippen LogP contribution in [0, 0.1) is 0 Å². The molecule has 0 amide bonds. The van der Waals surface area contributed by atoms with E-state index in [1.165, 1.54) is 0 Å². The van der Waals surface area contributed by atoms with E-state index in [4.69, 9.17) is 0 Å². The molecular formula is C6H16NP. The van der Waals surface area contributed by atoms with E-state index in [0.29, 0.717) is 5.16 Å². The predicted molar refractivity (Wildman–Crippen MR) is 41.7 cm³/mol. The molecule has 50 valence electrons. The van der Waals surface area contributed by atoms with Gasteiger partial charge in [-0.15, -0.1) is 0 Å². The van der Waals surface area contributed by atoms with E-state index >= 15 is 0 Å². The summed E-state index contributed by atoms with van der Waals surface area (Å²) in [6.45, 7) is 9.04. The molecule has 1 atom stereocenters. The first kappa shape index (κ1) is 8.39. The van der Waals surface area contributed by atoms with Crippen LogP contribution in [0.1, 0.15) is 20.8 Å². The maximum absolute atomic E-state index is 3.27. The van der Waals surface area contributed by atoms with Gasteiger partial charge in [0.2, 0.25) is 0 Å². The molecule has 0 radical (unpaired) electrons. The molecule has 0 bridgehead atoms. The van der Waals surface area contributed by atoms with E-state index in [9.17, 15) is 0 Å². The molecule has 0 fully saturated rings. The monoisotopic (exact) mass is 133 g/mol. The van der Waals surface area contributed by atoms with E-state index in [1.54, 1.807) is 0 Å². The zero-order valence-corrected chi connectivity index (χ0v) is 7.34. The highest BCUT2D eigenvalue weighted by molar-refractivity contribution is 7.56. The average molecular weight is 133 g/mol. The second-order valence-corrected chi connectivity index (χ2v) is 5.86. The van der Waals surface area contributed by atoms with E-state index in [-0.39, 0.29) is 8.07 Å². The molecule has 0 aromatic rings. The number of rotatable bonds is 1. The van der Waals surface area contributed by atoms with Crippen LogP contribution in [0.15, 0.2) is 0 Å². The van der Waals surface area contributed by atoms with E-state index < -0.39 is 0 Å². The zero-order valence-electron chi connectivity index (χ0n) is 6.45. The van der Waals surface area contributed by atoms with Crippen molar-refractivity contribution in [3.8, 4) is 0 Å². The summed E-state index contributed by atoms with van der Waals surface area (Å²) in [5, 5.41) is 3.73. The molecule has 1 nitrogen and oxygen atoms in total. The standard InChI is InChI=1S/C6H16NP/c1-6(2,3)8(5)7-4/h7H,1-5H3/t8-/m1/s1. The topological polar surface area (TPSA) is 12.0 Å². The molecule has 0 heterocycles. The van der Waals surface area contributed by atoms with Crippen LogP contribution < -0.4 is 5.09 Å². The van der Waals surface area contributed by atoms with Gasteiger partial charge in [0.1, 0.15) is 0 Å². The van der Waals surface area contributed by atoms with E-state index in [2.05, 4.69) is 32.5 Å². The first-order chi connectivity index (χ1) is 3.48. The van der Waals surface area contributed by atoms with Crippen LogP contribution in [-0.4, -0.2) is 18.9 Å². The van der Waals surface area contributed by atoms with Crippen molar-refractivity contribution in [1.82, 2.24) is 5.09 Å². The van der Waals surface area contributed by atoms with Gasteiger partial charge >= 0.3 is 0 Å². The fourth-order valence-corrected chi connectivity index (χ4v) is 1.01. The second kappa shape index (κ2) is 2.80. The Balaban J connectivity index is 3.62. The molecule has 0 spiro atoms. The Kier molecular flexibility index (Phi) is 2.93. The fourth-order valence-electron chi connectivity index (χ4n) is 0.335. The van der Waals surface area contributed by atoms with Gasteiger partial charge in [0.25, 0.3) is 0 Å². The molecule has 0 rings (SSSR count). The highest BCUT2D eigenvalue weighted by atomic mass is 31.1. The Bertz CT molecular complexity index is 65.4. The molecule has 0 aliphatic heterocycles. The van der Waals surface area contributed by atoms with Crippen LogP contribution >= 0.6 is 8.07 Å². The van der Waals surface area contributed by atoms with Crippen molar-refractivity contribution in [3.05, 3.63) is 0 Å². The Hall–Kier alpha value is 0.390. The van der Waals surface area contributed by atoms with Crippen molar-refractivity contribution in [3.63, 3.8) is 0 Å². The summed E-state index contributed by atoms with van der Waals surface area (Å²) in [6.07, 6.45) is 0. The van der Waals surface area contributed by atoms with Crippen molar-refractivity contribution in [2.75, 3.05) is 13.7 Å². The van der Waals surface area contributed by atoms with Crippen LogP contribution in [0.3, 0.4) is 0 Å². The van der Waals surface area contributed by atoms with Crippen LogP contribution in [0.25, 0.3) is 0 Å². The number of hydrogen-bond donors (Lipinski definition) is 1. The maximum atomic E-state index is 3.27. The van der Waals surface area contributed by atoms with Crippen LogP contribution in [-0.2, 0) is 0 Å². The number of hydrogen-bond acceptors (Lipinski definition) is 1. The Morgan fingerprint density at radius 1 is 1.25 bits per heavy atom. The summed E-state index contributed by atoms with van der Waals surface area (Å²) >= 11 is 0. The Morgan fingerprint density at radius 3 is 1.62 bits per heavy atom. The van der Waals surface area contributed by atoms with Gasteiger partial charge in [0.15, 0.2) is 0 Å². The van der Waals surface area contributed by atoms with Crippen molar-refractivity contribution in [2.45, 2.75) is 25.9 Å². The lowest BCUT2D eigenvalue weighted by Gasteiger charge is -2.26. The quantitative estimate of drug-likeness (QED) is 0.540. The van der Waals surface area contributed by atoms with Gasteiger partial charge in [-0.25, -0.2) is 0 Å². The molecule has 0 aromatic heterocycles. The molecule has 0 unspecified atom stereocenters. The fraction of sp³-hybridized carbons (Fsp3) is 1.00. The lowest BCUT2D eigenvalue weighted by atomic mass is 10.3. The SMILES string of the molecule is CN[P@](C)C(C)(C)C. The van der Waals surface area contributed by atoms with Gasteiger partial charge in [-0.3, -0.25) is 5.09 Å². The maximum Gasteiger partial charge on any atom is -0.00516 e. The smallest absolute Gasteiger partial charge is 0.00516 e. The summed E-state index contributed by atoms with van der Waals surface area (Å²) in [5.41, 5.74) is 0. The summed E-state index contributed by atoms with van der Waals surface area (Å²) < 4.78 is 0. The summed E-state index contributed by atoms with van der Waals surface area (Å²) in [6, 6.07) is 0. The molecule has 8 heavy (non-hydrogen) atoms. The minimum Gasteiger partial charge on any atom is -0.299 e. The van der Waals surface area contributed by atoms with Crippen molar-refractivity contribution in [1.29, 1.82) is 0 Å². The Labute approximate surface area is 53.7 Å². The van der Waals surface area contributed by atoms with Crippen molar-refractivity contribution < 1.29 is 0 Å². The minimum atomic E-state index is 0.0306. The molecular weight excluding hydrogens is 117 g/mol. The van der Waals surface area contributed by atoms with E-state index in [1.807, 2.05) is 7.05 Å². The summed E-state index contributed by atoms with van der Waals surface area (Å²) in [4.78, 5) is 0. The minimum absolute atomic E-state index is 0.0306. The van der Waals surface area contributed by atoms with Gasteiger partial charge in [-0.1, -0.05) is 20.8 Å². The normalized spacial score (nSPS) is 16.1. The lowest BCUT2D eigenvalue weighted by Crippen LogP contribution is -2.17. The predicted octanol–water partition coefficient (Wildman–Crippen LogP) is 2.03. The van der Waals surface area contributed by atoms with Crippen LogP contribution in [0.4, 0.5) is 0 Å². The van der Waals surface area contributed by atoms with Gasteiger partial charge in [0.05, 0.1) is 0 Å². The summed E-state index contributed by atoms with van der Waals surface area (Å²) in [7, 11) is 2.06. The lowest BCUT2D eigenvalue weighted by molar-refractivity contribution is 0.776. The van der Waals surface area contributed by atoms with Gasteiger partial charge in [0, 0.05) is 0 Å². The number of nitrogens with one attached hydrogen (secondary N) is 1. The van der Waals surface area contributed by atoms with Gasteiger partial charge in [-0.05, 0) is 26.9 Å². The zero-order chi connectivity index (χ0) is 6.78. The molecule has 0 aliphatic rings. The largest absolute Gasteiger partial charge is 0.299 e. The highest BCUT2D eigenvalue weighted by Gasteiger charge is 2.16. The first-order valence-corrected chi connectivity index (χ1v) is 4.68. The third-order valence-corrected chi connectivity index (χ3v) is 4.02. The molecule has 0 saturated carbocycles. The molecule has 2 heteroatoms. The van der Waals surface area contributed by atoms with Crippen LogP contribution in [0.2, 0.25) is 0 Å². The average Bonchev–Trinajstić information content (AvgIpc) is 1.62. The third kappa shape index (κ3) is 2.64. The third-order valence-electron chi connectivity index (χ3n) is 1.34. The molecule has 0 aromatic carbocycles. The van der Waals surface area contributed by atoms with Crippen LogP contribution in [0.5, 0.6) is 0 Å². The van der Waals surface area contributed by atoms with E-state index in [0.717, 1.165) is 0 Å². The molecule has 1 N–H and O–H groups in total. The Morgan fingerprint density at radius 2 is 1.62 bits per heavy atom. The second-order valence-electron chi connectivity index (χ2n) is 2.95. The van der Waals surface area contributed by atoms with Crippen molar-refractivity contribution >= 4 is 8.07 Å². The van der Waals surface area contributed by atoms with Crippen molar-refractivity contribution in [2.24, 2.45) is 0 Å². The van der Waals surface area contributed by atoms with Gasteiger partial charge < -0.3 is 0 Å². The van der Waals surface area contributed by atoms with Gasteiger partial charge in [-0.2, -0.15) is 0 Å².